The number of rotatable bonds is 5. The molecule has 0 saturated carbocycles. The molecule has 0 radical (unpaired) electrons. The molecule has 2 aliphatic heterocycles. The zero-order valence-corrected chi connectivity index (χ0v) is 12.0. The van der Waals surface area contributed by atoms with Gasteiger partial charge in [-0.3, -0.25) is 4.90 Å². The third-order valence-corrected chi connectivity index (χ3v) is 4.19. The van der Waals surface area contributed by atoms with Crippen LogP contribution in [-0.4, -0.2) is 54.4 Å². The van der Waals surface area contributed by atoms with Crippen LogP contribution in [0, 0.1) is 11.3 Å². The lowest BCUT2D eigenvalue weighted by atomic mass is 10.2. The molecule has 5 nitrogen and oxygen atoms in total. The van der Waals surface area contributed by atoms with E-state index in [0.29, 0.717) is 29.9 Å². The van der Waals surface area contributed by atoms with Crippen molar-refractivity contribution in [2.75, 3.05) is 26.2 Å². The van der Waals surface area contributed by atoms with Gasteiger partial charge in [0.25, 0.3) is 0 Å². The van der Waals surface area contributed by atoms with Crippen LogP contribution in [0.4, 0.5) is 0 Å². The van der Waals surface area contributed by atoms with Crippen molar-refractivity contribution >= 4 is 0 Å². The lowest BCUT2D eigenvalue weighted by Crippen LogP contribution is -2.53. The highest BCUT2D eigenvalue weighted by atomic mass is 16.5. The zero-order valence-electron chi connectivity index (χ0n) is 12.0. The van der Waals surface area contributed by atoms with Gasteiger partial charge in [-0.1, -0.05) is 0 Å². The molecule has 0 amide bonds. The summed E-state index contributed by atoms with van der Waals surface area (Å²) in [5.41, 5.74) is 0.610. The number of nitriles is 1. The van der Waals surface area contributed by atoms with E-state index >= 15 is 0 Å². The van der Waals surface area contributed by atoms with Crippen LogP contribution in [0.2, 0.25) is 0 Å². The number of nitrogens with one attached hydrogen (secondary N) is 1. The summed E-state index contributed by atoms with van der Waals surface area (Å²) in [7, 11) is 0. The minimum atomic E-state index is -0.488. The maximum Gasteiger partial charge on any atom is 0.119 e. The van der Waals surface area contributed by atoms with Gasteiger partial charge in [-0.05, 0) is 37.1 Å². The van der Waals surface area contributed by atoms with E-state index in [1.54, 1.807) is 24.3 Å². The van der Waals surface area contributed by atoms with E-state index < -0.39 is 6.10 Å². The number of hydrogen-bond donors (Lipinski definition) is 2. The number of β-amino-alcohol motifs (C(OH)–C–C–N with tert-alkyl or cyclic N) is 1. The third-order valence-electron chi connectivity index (χ3n) is 4.19. The van der Waals surface area contributed by atoms with Crippen LogP contribution >= 0.6 is 0 Å². The second kappa shape index (κ2) is 6.44. The normalized spacial score (nSPS) is 26.3. The monoisotopic (exact) mass is 287 g/mol. The van der Waals surface area contributed by atoms with Gasteiger partial charge in [-0.15, -0.1) is 0 Å². The van der Waals surface area contributed by atoms with Crippen molar-refractivity contribution in [3.63, 3.8) is 0 Å². The van der Waals surface area contributed by atoms with Crippen LogP contribution in [-0.2, 0) is 0 Å². The predicted octanol–water partition coefficient (Wildman–Crippen LogP) is 0.734. The summed E-state index contributed by atoms with van der Waals surface area (Å²) >= 11 is 0. The van der Waals surface area contributed by atoms with Crippen LogP contribution in [0.15, 0.2) is 24.3 Å². The summed E-state index contributed by atoms with van der Waals surface area (Å²) in [5.74, 6) is 0.688. The Kier molecular flexibility index (Phi) is 4.39. The van der Waals surface area contributed by atoms with Crippen molar-refractivity contribution in [3.05, 3.63) is 29.8 Å². The number of ether oxygens (including phenoxy) is 1. The van der Waals surface area contributed by atoms with Gasteiger partial charge in [0.2, 0.25) is 0 Å². The predicted molar refractivity (Wildman–Crippen MR) is 79.0 cm³/mol. The Morgan fingerprint density at radius 2 is 1.95 bits per heavy atom. The zero-order chi connectivity index (χ0) is 14.7. The fourth-order valence-corrected chi connectivity index (χ4v) is 3.21. The lowest BCUT2D eigenvalue weighted by molar-refractivity contribution is 0.0567. The first-order chi connectivity index (χ1) is 10.2. The van der Waals surface area contributed by atoms with Gasteiger partial charge >= 0.3 is 0 Å². The number of nitrogens with zero attached hydrogens (tertiary/aromatic N) is 2. The van der Waals surface area contributed by atoms with Crippen LogP contribution in [0.25, 0.3) is 0 Å². The Balaban J connectivity index is 1.43. The van der Waals surface area contributed by atoms with E-state index in [1.807, 2.05) is 0 Å². The molecule has 21 heavy (non-hydrogen) atoms. The number of hydrogen-bond acceptors (Lipinski definition) is 5. The van der Waals surface area contributed by atoms with Crippen LogP contribution in [0.5, 0.6) is 5.75 Å². The van der Waals surface area contributed by atoms with Crippen molar-refractivity contribution < 1.29 is 9.84 Å². The van der Waals surface area contributed by atoms with E-state index in [4.69, 9.17) is 10.00 Å². The molecule has 3 rings (SSSR count). The van der Waals surface area contributed by atoms with Crippen LogP contribution < -0.4 is 10.1 Å². The van der Waals surface area contributed by atoms with Gasteiger partial charge in [0, 0.05) is 31.7 Å². The summed E-state index contributed by atoms with van der Waals surface area (Å²) in [5, 5.41) is 22.4. The maximum atomic E-state index is 10.1. The highest BCUT2D eigenvalue weighted by Crippen LogP contribution is 2.20. The lowest BCUT2D eigenvalue weighted by Gasteiger charge is -2.33. The van der Waals surface area contributed by atoms with Crippen molar-refractivity contribution in [2.24, 2.45) is 0 Å². The second-order valence-electron chi connectivity index (χ2n) is 5.96. The molecule has 112 valence electrons. The molecule has 2 fully saturated rings. The first kappa shape index (κ1) is 14.3. The largest absolute Gasteiger partial charge is 0.491 e. The van der Waals surface area contributed by atoms with Crippen molar-refractivity contribution in [1.29, 1.82) is 5.26 Å². The maximum absolute atomic E-state index is 10.1. The summed E-state index contributed by atoms with van der Waals surface area (Å²) < 4.78 is 5.58. The van der Waals surface area contributed by atoms with Gasteiger partial charge < -0.3 is 15.2 Å². The smallest absolute Gasteiger partial charge is 0.119 e. The Bertz CT molecular complexity index is 499. The minimum Gasteiger partial charge on any atom is -0.491 e. The Morgan fingerprint density at radius 3 is 2.57 bits per heavy atom. The number of benzene rings is 1. The highest BCUT2D eigenvalue weighted by Gasteiger charge is 2.32. The molecule has 0 aliphatic carbocycles. The van der Waals surface area contributed by atoms with E-state index in [2.05, 4.69) is 16.3 Å². The Labute approximate surface area is 125 Å². The van der Waals surface area contributed by atoms with Gasteiger partial charge in [-0.2, -0.15) is 5.26 Å². The van der Waals surface area contributed by atoms with Gasteiger partial charge in [-0.25, -0.2) is 0 Å². The van der Waals surface area contributed by atoms with Gasteiger partial charge in [0.15, 0.2) is 0 Å². The third kappa shape index (κ3) is 3.73. The molecule has 2 aliphatic rings. The van der Waals surface area contributed by atoms with Crippen LogP contribution in [0.1, 0.15) is 18.4 Å². The summed E-state index contributed by atoms with van der Waals surface area (Å²) in [6.45, 7) is 2.98. The number of fused-ring (bicyclic) bond motifs is 2. The Morgan fingerprint density at radius 1 is 1.29 bits per heavy atom. The topological polar surface area (TPSA) is 68.5 Å². The van der Waals surface area contributed by atoms with Crippen molar-refractivity contribution in [3.8, 4) is 11.8 Å². The average Bonchev–Trinajstić information content (AvgIpc) is 2.84. The minimum absolute atomic E-state index is 0.283. The first-order valence-electron chi connectivity index (χ1n) is 7.52. The van der Waals surface area contributed by atoms with E-state index in [-0.39, 0.29) is 6.61 Å². The molecular weight excluding hydrogens is 266 g/mol. The number of aliphatic hydroxyl groups excluding tert-OH is 1. The second-order valence-corrected chi connectivity index (χ2v) is 5.96. The summed E-state index contributed by atoms with van der Waals surface area (Å²) in [6.07, 6.45) is 2.01. The molecule has 2 heterocycles. The molecule has 2 N–H and O–H groups in total. The standard InChI is InChI=1S/C16H21N3O2/c17-7-12-1-5-16(6-2-12)21-11-15(20)10-19-8-13-3-4-14(9-19)18-13/h1-2,5-6,13-15,18,20H,3-4,8-11H2. The average molecular weight is 287 g/mol. The first-order valence-corrected chi connectivity index (χ1v) is 7.52. The van der Waals surface area contributed by atoms with Gasteiger partial charge in [0.1, 0.15) is 18.5 Å². The molecule has 3 atom stereocenters. The highest BCUT2D eigenvalue weighted by molar-refractivity contribution is 5.34. The summed E-state index contributed by atoms with van der Waals surface area (Å²) in [4.78, 5) is 2.33. The molecular formula is C16H21N3O2. The molecule has 2 bridgehead atoms. The van der Waals surface area contributed by atoms with E-state index in [0.717, 1.165) is 13.1 Å². The number of likely N-dealkylation sites (tertiary alicyclic amines) is 1. The van der Waals surface area contributed by atoms with Crippen molar-refractivity contribution in [1.82, 2.24) is 10.2 Å². The van der Waals surface area contributed by atoms with Crippen molar-refractivity contribution in [2.45, 2.75) is 31.0 Å². The molecule has 1 aromatic rings. The SMILES string of the molecule is N#Cc1ccc(OCC(O)CN2CC3CCC(C2)N3)cc1. The number of aliphatic hydroxyl groups is 1. The van der Waals surface area contributed by atoms with Crippen LogP contribution in [0.3, 0.4) is 0 Å². The molecule has 5 heteroatoms. The Hall–Kier alpha value is -1.61. The molecule has 0 aromatic heterocycles. The molecule has 0 spiro atoms. The molecule has 1 aromatic carbocycles. The fraction of sp³-hybridized carbons (Fsp3) is 0.562. The molecule has 2 saturated heterocycles. The van der Waals surface area contributed by atoms with E-state index in [1.165, 1.54) is 12.8 Å². The van der Waals surface area contributed by atoms with E-state index in [9.17, 15) is 5.11 Å². The fourth-order valence-electron chi connectivity index (χ4n) is 3.21. The van der Waals surface area contributed by atoms with Gasteiger partial charge in [0.05, 0.1) is 11.6 Å². The quantitative estimate of drug-likeness (QED) is 0.836. The number of piperazine rings is 1. The molecule has 3 unspecified atom stereocenters. The summed E-state index contributed by atoms with van der Waals surface area (Å²) in [6, 6.07) is 10.2.